The largest absolute Gasteiger partial charge is 0.407 e. The van der Waals surface area contributed by atoms with Gasteiger partial charge in [-0.15, -0.1) is 5.10 Å². The van der Waals surface area contributed by atoms with E-state index in [4.69, 9.17) is 4.42 Å². The number of carbonyl (C=O) groups is 1. The molecule has 2 N–H and O–H groups in total. The van der Waals surface area contributed by atoms with Crippen molar-refractivity contribution in [2.45, 2.75) is 34.2 Å². The van der Waals surface area contributed by atoms with Crippen LogP contribution in [0.15, 0.2) is 4.42 Å². The summed E-state index contributed by atoms with van der Waals surface area (Å²) in [6.07, 6.45) is 0. The van der Waals surface area contributed by atoms with E-state index >= 15 is 0 Å². The zero-order valence-electron chi connectivity index (χ0n) is 12.8. The minimum absolute atomic E-state index is 0.0210. The highest BCUT2D eigenvalue weighted by Crippen LogP contribution is 2.05. The van der Waals surface area contributed by atoms with Crippen LogP contribution in [0.2, 0.25) is 0 Å². The molecule has 1 heterocycles. The molecule has 7 nitrogen and oxygen atoms in total. The molecule has 0 fully saturated rings. The van der Waals surface area contributed by atoms with Crippen molar-refractivity contribution in [2.24, 2.45) is 5.92 Å². The number of nitrogens with one attached hydrogen (secondary N) is 2. The lowest BCUT2D eigenvalue weighted by Crippen LogP contribution is -2.35. The van der Waals surface area contributed by atoms with Gasteiger partial charge in [0.2, 0.25) is 11.8 Å². The lowest BCUT2D eigenvalue weighted by atomic mass is 10.2. The second kappa shape index (κ2) is 8.52. The molecule has 0 saturated carbocycles. The Labute approximate surface area is 120 Å². The molecule has 0 aliphatic rings. The number of carbonyl (C=O) groups excluding carboxylic acids is 1. The first kappa shape index (κ1) is 16.4. The zero-order valence-corrected chi connectivity index (χ0v) is 12.8. The van der Waals surface area contributed by atoms with Gasteiger partial charge in [0.1, 0.15) is 0 Å². The summed E-state index contributed by atoms with van der Waals surface area (Å²) in [6, 6.07) is 0.284. The molecule has 0 bridgehead atoms. The summed E-state index contributed by atoms with van der Waals surface area (Å²) in [6.45, 7) is 11.2. The average molecular weight is 283 g/mol. The quantitative estimate of drug-likeness (QED) is 0.706. The molecule has 1 aromatic rings. The molecule has 114 valence electrons. The fourth-order valence-electron chi connectivity index (χ4n) is 1.70. The third-order valence-corrected chi connectivity index (χ3v) is 2.80. The maximum Gasteiger partial charge on any atom is 0.315 e. The Balaban J connectivity index is 2.35. The van der Waals surface area contributed by atoms with E-state index in [0.717, 1.165) is 6.54 Å². The van der Waals surface area contributed by atoms with Crippen LogP contribution in [0, 0.1) is 5.92 Å². The SMILES string of the molecule is CCN(CC)C(=O)CNc1nnc(CNCC(C)C)o1. The van der Waals surface area contributed by atoms with E-state index < -0.39 is 0 Å². The molecular formula is C13H25N5O2. The van der Waals surface area contributed by atoms with Gasteiger partial charge >= 0.3 is 6.01 Å². The van der Waals surface area contributed by atoms with E-state index in [1.165, 1.54) is 0 Å². The van der Waals surface area contributed by atoms with Gasteiger partial charge in [-0.05, 0) is 26.3 Å². The molecule has 0 radical (unpaired) electrons. The summed E-state index contributed by atoms with van der Waals surface area (Å²) < 4.78 is 5.40. The second-order valence-corrected chi connectivity index (χ2v) is 4.95. The van der Waals surface area contributed by atoms with Gasteiger partial charge in [0, 0.05) is 13.1 Å². The zero-order chi connectivity index (χ0) is 15.0. The number of aromatic nitrogens is 2. The highest BCUT2D eigenvalue weighted by atomic mass is 16.4. The maximum atomic E-state index is 11.8. The van der Waals surface area contributed by atoms with Crippen LogP contribution >= 0.6 is 0 Å². The van der Waals surface area contributed by atoms with Crippen molar-refractivity contribution in [1.29, 1.82) is 0 Å². The lowest BCUT2D eigenvalue weighted by molar-refractivity contribution is -0.128. The molecule has 20 heavy (non-hydrogen) atoms. The van der Waals surface area contributed by atoms with Crippen LogP contribution < -0.4 is 10.6 Å². The predicted octanol–water partition coefficient (Wildman–Crippen LogP) is 1.10. The van der Waals surface area contributed by atoms with Gasteiger partial charge in [0.15, 0.2) is 0 Å². The van der Waals surface area contributed by atoms with E-state index in [9.17, 15) is 4.79 Å². The fourth-order valence-corrected chi connectivity index (χ4v) is 1.70. The summed E-state index contributed by atoms with van der Waals surface area (Å²) in [5.41, 5.74) is 0. The number of amides is 1. The number of hydrogen-bond donors (Lipinski definition) is 2. The van der Waals surface area contributed by atoms with Crippen molar-refractivity contribution >= 4 is 11.9 Å². The van der Waals surface area contributed by atoms with Crippen LogP contribution in [0.1, 0.15) is 33.6 Å². The average Bonchev–Trinajstić information content (AvgIpc) is 2.85. The Morgan fingerprint density at radius 1 is 1.30 bits per heavy atom. The van der Waals surface area contributed by atoms with Gasteiger partial charge in [-0.25, -0.2) is 0 Å². The topological polar surface area (TPSA) is 83.3 Å². The minimum atomic E-state index is 0.0210. The Hall–Kier alpha value is -1.63. The highest BCUT2D eigenvalue weighted by Gasteiger charge is 2.11. The molecular weight excluding hydrogens is 258 g/mol. The first-order chi connectivity index (χ1) is 9.56. The van der Waals surface area contributed by atoms with Gasteiger partial charge in [0.05, 0.1) is 13.1 Å². The Morgan fingerprint density at radius 3 is 2.60 bits per heavy atom. The van der Waals surface area contributed by atoms with E-state index in [1.807, 2.05) is 13.8 Å². The molecule has 0 aliphatic heterocycles. The smallest absolute Gasteiger partial charge is 0.315 e. The molecule has 0 aromatic carbocycles. The first-order valence-corrected chi connectivity index (χ1v) is 7.11. The molecule has 7 heteroatoms. The van der Waals surface area contributed by atoms with Gasteiger partial charge in [0.25, 0.3) is 0 Å². The Morgan fingerprint density at radius 2 is 2.00 bits per heavy atom. The lowest BCUT2D eigenvalue weighted by Gasteiger charge is -2.18. The summed E-state index contributed by atoms with van der Waals surface area (Å²) in [7, 11) is 0. The molecule has 0 saturated heterocycles. The van der Waals surface area contributed by atoms with Gasteiger partial charge in [-0.1, -0.05) is 18.9 Å². The van der Waals surface area contributed by atoms with Crippen LogP contribution in [-0.2, 0) is 11.3 Å². The second-order valence-electron chi connectivity index (χ2n) is 4.95. The van der Waals surface area contributed by atoms with Crippen molar-refractivity contribution in [2.75, 3.05) is 31.5 Å². The van der Waals surface area contributed by atoms with Crippen molar-refractivity contribution in [1.82, 2.24) is 20.4 Å². The van der Waals surface area contributed by atoms with Crippen molar-refractivity contribution in [3.05, 3.63) is 5.89 Å². The normalized spacial score (nSPS) is 10.8. The van der Waals surface area contributed by atoms with E-state index in [0.29, 0.717) is 31.4 Å². The standard InChI is InChI=1S/C13H25N5O2/c1-5-18(6-2)12(19)9-15-13-17-16-11(20-13)8-14-7-10(3)4/h10,14H,5-9H2,1-4H3,(H,15,17). The van der Waals surface area contributed by atoms with E-state index in [1.54, 1.807) is 4.90 Å². The van der Waals surface area contributed by atoms with Crippen LogP contribution in [0.4, 0.5) is 6.01 Å². The van der Waals surface area contributed by atoms with Gasteiger partial charge in [-0.3, -0.25) is 4.79 Å². The Kier molecular flexibility index (Phi) is 7.00. The van der Waals surface area contributed by atoms with Gasteiger partial charge < -0.3 is 20.0 Å². The molecule has 0 aliphatic carbocycles. The van der Waals surface area contributed by atoms with Crippen molar-refractivity contribution in [3.63, 3.8) is 0 Å². The maximum absolute atomic E-state index is 11.8. The summed E-state index contributed by atoms with van der Waals surface area (Å²) in [5, 5.41) is 13.8. The molecule has 0 unspecified atom stereocenters. The van der Waals surface area contributed by atoms with E-state index in [2.05, 4.69) is 34.7 Å². The fraction of sp³-hybridized carbons (Fsp3) is 0.769. The van der Waals surface area contributed by atoms with Crippen LogP contribution in [0.25, 0.3) is 0 Å². The number of rotatable bonds is 9. The summed E-state index contributed by atoms with van der Waals surface area (Å²) >= 11 is 0. The molecule has 0 spiro atoms. The highest BCUT2D eigenvalue weighted by molar-refractivity contribution is 5.80. The van der Waals surface area contributed by atoms with Crippen molar-refractivity contribution in [3.8, 4) is 0 Å². The molecule has 1 aromatic heterocycles. The molecule has 0 atom stereocenters. The van der Waals surface area contributed by atoms with Crippen LogP contribution in [0.3, 0.4) is 0 Å². The van der Waals surface area contributed by atoms with Gasteiger partial charge in [-0.2, -0.15) is 0 Å². The van der Waals surface area contributed by atoms with Crippen molar-refractivity contribution < 1.29 is 9.21 Å². The van der Waals surface area contributed by atoms with Crippen LogP contribution in [-0.4, -0.2) is 47.2 Å². The van der Waals surface area contributed by atoms with E-state index in [-0.39, 0.29) is 18.5 Å². The third-order valence-electron chi connectivity index (χ3n) is 2.80. The van der Waals surface area contributed by atoms with Crippen LogP contribution in [0.5, 0.6) is 0 Å². The first-order valence-electron chi connectivity index (χ1n) is 7.11. The summed E-state index contributed by atoms with van der Waals surface area (Å²) in [5.74, 6) is 1.11. The predicted molar refractivity (Wildman–Crippen MR) is 77.3 cm³/mol. The minimum Gasteiger partial charge on any atom is -0.407 e. The Bertz CT molecular complexity index is 401. The number of nitrogens with zero attached hydrogens (tertiary/aromatic N) is 3. The monoisotopic (exact) mass is 283 g/mol. The molecule has 1 amide bonds. The number of likely N-dealkylation sites (N-methyl/N-ethyl adjacent to an activating group) is 1. The number of anilines is 1. The number of hydrogen-bond acceptors (Lipinski definition) is 6. The summed E-state index contributed by atoms with van der Waals surface area (Å²) in [4.78, 5) is 13.5. The third kappa shape index (κ3) is 5.56. The molecule has 1 rings (SSSR count).